The summed E-state index contributed by atoms with van der Waals surface area (Å²) in [6.45, 7) is 6.58. The summed E-state index contributed by atoms with van der Waals surface area (Å²) in [5.41, 5.74) is 0.163. The average Bonchev–Trinajstić information content (AvgIpc) is 2.75. The zero-order valence-electron chi connectivity index (χ0n) is 8.60. The van der Waals surface area contributed by atoms with E-state index >= 15 is 0 Å². The standard InChI is InChI=1S/C11H19NO/c1-9(2)11(6-4-7-12-11)10-5-3-8-13-10/h5,9,12H,3-4,6-8H2,1-2H3. The molecule has 0 aliphatic carbocycles. The van der Waals surface area contributed by atoms with Gasteiger partial charge < -0.3 is 10.1 Å². The van der Waals surface area contributed by atoms with Crippen molar-refractivity contribution in [3.63, 3.8) is 0 Å². The molecule has 1 fully saturated rings. The minimum Gasteiger partial charge on any atom is -0.496 e. The third-order valence-electron chi connectivity index (χ3n) is 3.32. The van der Waals surface area contributed by atoms with Crippen molar-refractivity contribution >= 4 is 0 Å². The van der Waals surface area contributed by atoms with E-state index < -0.39 is 0 Å². The first-order chi connectivity index (χ1) is 6.26. The van der Waals surface area contributed by atoms with Crippen molar-refractivity contribution in [2.45, 2.75) is 38.6 Å². The Morgan fingerprint density at radius 3 is 2.85 bits per heavy atom. The van der Waals surface area contributed by atoms with Gasteiger partial charge in [0.2, 0.25) is 0 Å². The van der Waals surface area contributed by atoms with Gasteiger partial charge in [-0.05, 0) is 31.4 Å². The molecule has 2 aliphatic heterocycles. The van der Waals surface area contributed by atoms with E-state index in [1.165, 1.54) is 18.6 Å². The second kappa shape index (κ2) is 3.33. The molecular weight excluding hydrogens is 162 g/mol. The largest absolute Gasteiger partial charge is 0.496 e. The normalized spacial score (nSPS) is 33.6. The molecule has 1 saturated heterocycles. The summed E-state index contributed by atoms with van der Waals surface area (Å²) in [7, 11) is 0. The van der Waals surface area contributed by atoms with Gasteiger partial charge >= 0.3 is 0 Å². The van der Waals surface area contributed by atoms with Gasteiger partial charge in [0.15, 0.2) is 0 Å². The van der Waals surface area contributed by atoms with Crippen molar-refractivity contribution in [1.29, 1.82) is 0 Å². The van der Waals surface area contributed by atoms with Crippen LogP contribution in [0.3, 0.4) is 0 Å². The van der Waals surface area contributed by atoms with E-state index in [0.717, 1.165) is 19.6 Å². The fourth-order valence-corrected chi connectivity index (χ4v) is 2.48. The molecule has 2 rings (SSSR count). The van der Waals surface area contributed by atoms with Crippen molar-refractivity contribution in [1.82, 2.24) is 5.32 Å². The summed E-state index contributed by atoms with van der Waals surface area (Å²) < 4.78 is 5.70. The molecule has 74 valence electrons. The second-order valence-corrected chi connectivity index (χ2v) is 4.36. The molecule has 1 unspecified atom stereocenters. The van der Waals surface area contributed by atoms with Gasteiger partial charge in [-0.3, -0.25) is 0 Å². The molecule has 13 heavy (non-hydrogen) atoms. The Hall–Kier alpha value is -0.500. The molecular formula is C11H19NO. The van der Waals surface area contributed by atoms with Crippen molar-refractivity contribution in [3.8, 4) is 0 Å². The predicted octanol–water partition coefficient (Wildman–Crippen LogP) is 2.07. The van der Waals surface area contributed by atoms with Crippen molar-refractivity contribution in [2.24, 2.45) is 5.92 Å². The number of nitrogens with one attached hydrogen (secondary N) is 1. The average molecular weight is 181 g/mol. The fourth-order valence-electron chi connectivity index (χ4n) is 2.48. The van der Waals surface area contributed by atoms with Gasteiger partial charge in [-0.25, -0.2) is 0 Å². The Bertz CT molecular complexity index is 214. The Labute approximate surface area is 80.4 Å². The van der Waals surface area contributed by atoms with Crippen LogP contribution in [-0.4, -0.2) is 18.7 Å². The topological polar surface area (TPSA) is 21.3 Å². The maximum atomic E-state index is 5.70. The Kier molecular flexibility index (Phi) is 2.33. The molecule has 0 aromatic carbocycles. The fraction of sp³-hybridized carbons (Fsp3) is 0.818. The molecule has 0 saturated carbocycles. The van der Waals surface area contributed by atoms with Crippen LogP contribution in [0.15, 0.2) is 11.8 Å². The Balaban J connectivity index is 2.21. The first-order valence-electron chi connectivity index (χ1n) is 5.34. The van der Waals surface area contributed by atoms with Crippen LogP contribution in [0.4, 0.5) is 0 Å². The molecule has 0 spiro atoms. The molecule has 0 aromatic heterocycles. The van der Waals surface area contributed by atoms with E-state index in [0.29, 0.717) is 5.92 Å². The van der Waals surface area contributed by atoms with Gasteiger partial charge in [0, 0.05) is 6.42 Å². The summed E-state index contributed by atoms with van der Waals surface area (Å²) in [5.74, 6) is 1.83. The molecule has 0 amide bonds. The lowest BCUT2D eigenvalue weighted by Crippen LogP contribution is -2.46. The van der Waals surface area contributed by atoms with E-state index in [1.807, 2.05) is 0 Å². The van der Waals surface area contributed by atoms with Gasteiger partial charge in [-0.15, -0.1) is 0 Å². The number of hydrogen-bond donors (Lipinski definition) is 1. The summed E-state index contributed by atoms with van der Waals surface area (Å²) in [6.07, 6.45) is 5.86. The smallest absolute Gasteiger partial charge is 0.112 e. The monoisotopic (exact) mass is 181 g/mol. The molecule has 2 heterocycles. The zero-order valence-corrected chi connectivity index (χ0v) is 8.60. The molecule has 0 aromatic rings. The SMILES string of the molecule is CC(C)C1(C2=CCCO2)CCCN1. The molecule has 2 heteroatoms. The lowest BCUT2D eigenvalue weighted by Gasteiger charge is -2.34. The number of ether oxygens (including phenoxy) is 1. The highest BCUT2D eigenvalue weighted by Gasteiger charge is 2.42. The van der Waals surface area contributed by atoms with Crippen LogP contribution in [0, 0.1) is 5.92 Å². The first-order valence-corrected chi connectivity index (χ1v) is 5.34. The maximum Gasteiger partial charge on any atom is 0.112 e. The molecule has 0 bridgehead atoms. The summed E-state index contributed by atoms with van der Waals surface area (Å²) in [6, 6.07) is 0. The first kappa shape index (κ1) is 9.07. The van der Waals surface area contributed by atoms with Crippen LogP contribution < -0.4 is 5.32 Å². The van der Waals surface area contributed by atoms with Gasteiger partial charge in [-0.2, -0.15) is 0 Å². The molecule has 1 N–H and O–H groups in total. The van der Waals surface area contributed by atoms with Crippen LogP contribution in [0.25, 0.3) is 0 Å². The molecule has 0 radical (unpaired) electrons. The van der Waals surface area contributed by atoms with Gasteiger partial charge in [0.25, 0.3) is 0 Å². The van der Waals surface area contributed by atoms with E-state index in [2.05, 4.69) is 25.2 Å². The van der Waals surface area contributed by atoms with Crippen LogP contribution in [0.1, 0.15) is 33.1 Å². The van der Waals surface area contributed by atoms with E-state index in [4.69, 9.17) is 4.74 Å². The highest BCUT2D eigenvalue weighted by Crippen LogP contribution is 2.37. The van der Waals surface area contributed by atoms with Crippen LogP contribution >= 0.6 is 0 Å². The number of rotatable bonds is 2. The van der Waals surface area contributed by atoms with E-state index in [9.17, 15) is 0 Å². The predicted molar refractivity (Wildman–Crippen MR) is 53.5 cm³/mol. The lowest BCUT2D eigenvalue weighted by atomic mass is 9.83. The van der Waals surface area contributed by atoms with Crippen molar-refractivity contribution < 1.29 is 4.74 Å². The number of hydrogen-bond acceptors (Lipinski definition) is 2. The molecule has 2 nitrogen and oxygen atoms in total. The summed E-state index contributed by atoms with van der Waals surface area (Å²) >= 11 is 0. The van der Waals surface area contributed by atoms with Crippen LogP contribution in [0.5, 0.6) is 0 Å². The van der Waals surface area contributed by atoms with Gasteiger partial charge in [0.1, 0.15) is 5.76 Å². The minimum absolute atomic E-state index is 0.163. The van der Waals surface area contributed by atoms with Crippen molar-refractivity contribution in [2.75, 3.05) is 13.2 Å². The Morgan fingerprint density at radius 1 is 1.54 bits per heavy atom. The second-order valence-electron chi connectivity index (χ2n) is 4.36. The van der Waals surface area contributed by atoms with E-state index in [1.54, 1.807) is 0 Å². The van der Waals surface area contributed by atoms with Crippen LogP contribution in [-0.2, 0) is 4.74 Å². The quantitative estimate of drug-likeness (QED) is 0.704. The minimum atomic E-state index is 0.163. The van der Waals surface area contributed by atoms with Crippen LogP contribution in [0.2, 0.25) is 0 Å². The van der Waals surface area contributed by atoms with Gasteiger partial charge in [0.05, 0.1) is 12.1 Å². The Morgan fingerprint density at radius 2 is 2.38 bits per heavy atom. The lowest BCUT2D eigenvalue weighted by molar-refractivity contribution is 0.152. The van der Waals surface area contributed by atoms with Gasteiger partial charge in [-0.1, -0.05) is 13.8 Å². The zero-order chi connectivity index (χ0) is 9.31. The maximum absolute atomic E-state index is 5.70. The van der Waals surface area contributed by atoms with Crippen molar-refractivity contribution in [3.05, 3.63) is 11.8 Å². The van der Waals surface area contributed by atoms with E-state index in [-0.39, 0.29) is 5.54 Å². The summed E-state index contributed by atoms with van der Waals surface area (Å²) in [5, 5.41) is 3.62. The summed E-state index contributed by atoms with van der Waals surface area (Å²) in [4.78, 5) is 0. The molecule has 1 atom stereocenters. The third-order valence-corrected chi connectivity index (χ3v) is 3.32. The third kappa shape index (κ3) is 1.37. The highest BCUT2D eigenvalue weighted by molar-refractivity contribution is 5.20. The highest BCUT2D eigenvalue weighted by atomic mass is 16.5. The molecule has 2 aliphatic rings.